The van der Waals surface area contributed by atoms with Crippen LogP contribution in [0.1, 0.15) is 22.1 Å². The number of hydrogen-bond acceptors (Lipinski definition) is 5. The van der Waals surface area contributed by atoms with Crippen LogP contribution >= 0.6 is 11.6 Å². The van der Waals surface area contributed by atoms with Crippen molar-refractivity contribution in [2.75, 3.05) is 0 Å². The average Bonchev–Trinajstić information content (AvgIpc) is 2.91. The Kier molecular flexibility index (Phi) is 3.53. The molecule has 0 unspecified atom stereocenters. The van der Waals surface area contributed by atoms with Gasteiger partial charge < -0.3 is 9.84 Å². The van der Waals surface area contributed by atoms with Gasteiger partial charge in [-0.2, -0.15) is 4.98 Å². The van der Waals surface area contributed by atoms with E-state index in [4.69, 9.17) is 16.1 Å². The van der Waals surface area contributed by atoms with Crippen molar-refractivity contribution in [2.24, 2.45) is 0 Å². The highest BCUT2D eigenvalue weighted by Gasteiger charge is 2.13. The van der Waals surface area contributed by atoms with Crippen LogP contribution in [-0.2, 0) is 6.54 Å². The molecule has 0 bridgehead atoms. The van der Waals surface area contributed by atoms with Crippen molar-refractivity contribution >= 4 is 28.4 Å². The summed E-state index contributed by atoms with van der Waals surface area (Å²) < 4.78 is 4.94. The first-order valence-electron chi connectivity index (χ1n) is 6.26. The van der Waals surface area contributed by atoms with E-state index in [1.807, 2.05) is 6.07 Å². The molecule has 0 saturated carbocycles. The molecule has 2 heterocycles. The number of carbonyl (C=O) groups excluding carboxylic acids is 1. The van der Waals surface area contributed by atoms with Crippen LogP contribution in [-0.4, -0.2) is 21.0 Å². The topological polar surface area (TPSA) is 80.9 Å². The molecule has 7 heteroatoms. The lowest BCUT2D eigenvalue weighted by Gasteiger charge is -2.07. The molecule has 106 valence electrons. The maximum absolute atomic E-state index is 12.3. The minimum Gasteiger partial charge on any atom is -0.343 e. The summed E-state index contributed by atoms with van der Waals surface area (Å²) in [5.41, 5.74) is 1.01. The molecule has 21 heavy (non-hydrogen) atoms. The largest absolute Gasteiger partial charge is 0.343 e. The maximum Gasteiger partial charge on any atom is 0.253 e. The predicted molar refractivity (Wildman–Crippen MR) is 77.0 cm³/mol. The molecule has 1 N–H and O–H groups in total. The summed E-state index contributed by atoms with van der Waals surface area (Å²) in [6, 6.07) is 6.92. The van der Waals surface area contributed by atoms with Gasteiger partial charge in [-0.15, -0.1) is 0 Å². The highest BCUT2D eigenvalue weighted by atomic mass is 35.5. The number of carbonyl (C=O) groups is 1. The van der Waals surface area contributed by atoms with E-state index in [9.17, 15) is 4.79 Å². The van der Waals surface area contributed by atoms with Gasteiger partial charge in [-0.3, -0.25) is 9.78 Å². The smallest absolute Gasteiger partial charge is 0.253 e. The van der Waals surface area contributed by atoms with Crippen molar-refractivity contribution in [3.05, 3.63) is 52.8 Å². The molecule has 2 aromatic heterocycles. The van der Waals surface area contributed by atoms with Crippen LogP contribution in [0.4, 0.5) is 0 Å². The lowest BCUT2D eigenvalue weighted by molar-refractivity contribution is 0.0948. The van der Waals surface area contributed by atoms with Crippen molar-refractivity contribution in [1.82, 2.24) is 20.4 Å². The molecule has 0 atom stereocenters. The molecule has 6 nitrogen and oxygen atoms in total. The zero-order valence-corrected chi connectivity index (χ0v) is 11.9. The Labute approximate surface area is 125 Å². The lowest BCUT2D eigenvalue weighted by Crippen LogP contribution is -2.23. The molecule has 0 fully saturated rings. The molecule has 3 aromatic rings. The number of pyridine rings is 1. The highest BCUT2D eigenvalue weighted by molar-refractivity contribution is 6.35. The van der Waals surface area contributed by atoms with E-state index in [2.05, 4.69) is 20.4 Å². The van der Waals surface area contributed by atoms with Crippen LogP contribution in [0.15, 0.2) is 35.0 Å². The quantitative estimate of drug-likeness (QED) is 0.804. The van der Waals surface area contributed by atoms with Gasteiger partial charge in [0.15, 0.2) is 5.82 Å². The Morgan fingerprint density at radius 3 is 3.00 bits per heavy atom. The number of halogens is 1. The number of amides is 1. The fourth-order valence-corrected chi connectivity index (χ4v) is 2.20. The fraction of sp³-hybridized carbons (Fsp3) is 0.143. The standard InChI is InChI=1S/C14H11ClN4O2/c1-8-18-12(21-19-8)7-17-14(20)10-4-5-11(15)9-3-2-6-16-13(9)10/h2-6H,7H2,1H3,(H,17,20). The first-order chi connectivity index (χ1) is 10.1. The Hall–Kier alpha value is -2.47. The molecular weight excluding hydrogens is 292 g/mol. The molecule has 0 saturated heterocycles. The molecule has 0 spiro atoms. The second kappa shape index (κ2) is 5.49. The minimum atomic E-state index is -0.272. The molecule has 0 aliphatic rings. The Bertz CT molecular complexity index is 816. The van der Waals surface area contributed by atoms with Crippen LogP contribution in [0.25, 0.3) is 10.9 Å². The van der Waals surface area contributed by atoms with Crippen molar-refractivity contribution in [3.8, 4) is 0 Å². The molecule has 1 aromatic carbocycles. The number of nitrogens with one attached hydrogen (secondary N) is 1. The first kappa shape index (κ1) is 13.5. The van der Waals surface area contributed by atoms with Crippen LogP contribution in [0, 0.1) is 6.92 Å². The summed E-state index contributed by atoms with van der Waals surface area (Å²) in [6.07, 6.45) is 1.62. The second-order valence-corrected chi connectivity index (χ2v) is 4.82. The summed E-state index contributed by atoms with van der Waals surface area (Å²) in [7, 11) is 0. The Morgan fingerprint density at radius 1 is 1.38 bits per heavy atom. The van der Waals surface area contributed by atoms with Crippen LogP contribution in [0.2, 0.25) is 5.02 Å². The lowest BCUT2D eigenvalue weighted by atomic mass is 10.1. The monoisotopic (exact) mass is 302 g/mol. The summed E-state index contributed by atoms with van der Waals surface area (Å²) in [6.45, 7) is 1.88. The number of aromatic nitrogens is 3. The first-order valence-corrected chi connectivity index (χ1v) is 6.63. The fourth-order valence-electron chi connectivity index (χ4n) is 1.98. The van der Waals surface area contributed by atoms with E-state index in [1.165, 1.54) is 0 Å². The van der Waals surface area contributed by atoms with Gasteiger partial charge in [-0.1, -0.05) is 16.8 Å². The summed E-state index contributed by atoms with van der Waals surface area (Å²) >= 11 is 6.10. The number of aryl methyl sites for hydroxylation is 1. The van der Waals surface area contributed by atoms with Crippen molar-refractivity contribution in [2.45, 2.75) is 13.5 Å². The maximum atomic E-state index is 12.3. The summed E-state index contributed by atoms with van der Waals surface area (Å²) in [5.74, 6) is 0.608. The molecule has 0 aliphatic carbocycles. The number of fused-ring (bicyclic) bond motifs is 1. The number of nitrogens with zero attached hydrogens (tertiary/aromatic N) is 3. The zero-order chi connectivity index (χ0) is 14.8. The van der Waals surface area contributed by atoms with Gasteiger partial charge in [0.25, 0.3) is 5.91 Å². The van der Waals surface area contributed by atoms with Crippen LogP contribution in [0.5, 0.6) is 0 Å². The summed E-state index contributed by atoms with van der Waals surface area (Å²) in [4.78, 5) is 20.5. The normalized spacial score (nSPS) is 10.8. The van der Waals surface area contributed by atoms with E-state index in [1.54, 1.807) is 31.3 Å². The van der Waals surface area contributed by atoms with Gasteiger partial charge in [0.05, 0.1) is 22.6 Å². The van der Waals surface area contributed by atoms with Crippen molar-refractivity contribution in [1.29, 1.82) is 0 Å². The molecule has 3 rings (SSSR count). The van der Waals surface area contributed by atoms with Gasteiger partial charge in [-0.25, -0.2) is 0 Å². The molecule has 0 aliphatic heterocycles. The number of benzene rings is 1. The zero-order valence-electron chi connectivity index (χ0n) is 11.1. The second-order valence-electron chi connectivity index (χ2n) is 4.41. The van der Waals surface area contributed by atoms with E-state index >= 15 is 0 Å². The third-order valence-corrected chi connectivity index (χ3v) is 3.26. The Morgan fingerprint density at radius 2 is 2.24 bits per heavy atom. The molecular formula is C14H11ClN4O2. The average molecular weight is 303 g/mol. The van der Waals surface area contributed by atoms with Crippen LogP contribution < -0.4 is 5.32 Å². The van der Waals surface area contributed by atoms with Gasteiger partial charge in [-0.05, 0) is 31.2 Å². The van der Waals surface area contributed by atoms with Gasteiger partial charge in [0, 0.05) is 11.6 Å². The van der Waals surface area contributed by atoms with Gasteiger partial charge in [0.1, 0.15) is 0 Å². The third-order valence-electron chi connectivity index (χ3n) is 2.93. The van der Waals surface area contributed by atoms with E-state index in [0.29, 0.717) is 27.8 Å². The van der Waals surface area contributed by atoms with Crippen molar-refractivity contribution in [3.63, 3.8) is 0 Å². The minimum absolute atomic E-state index is 0.163. The SMILES string of the molecule is Cc1noc(CNC(=O)c2ccc(Cl)c3cccnc23)n1. The van der Waals surface area contributed by atoms with Crippen LogP contribution in [0.3, 0.4) is 0 Å². The van der Waals surface area contributed by atoms with Gasteiger partial charge >= 0.3 is 0 Å². The highest BCUT2D eigenvalue weighted by Crippen LogP contribution is 2.24. The van der Waals surface area contributed by atoms with Gasteiger partial charge in [0.2, 0.25) is 5.89 Å². The predicted octanol–water partition coefficient (Wildman–Crippen LogP) is 2.51. The summed E-state index contributed by atoms with van der Waals surface area (Å²) in [5, 5.41) is 7.68. The van der Waals surface area contributed by atoms with E-state index < -0.39 is 0 Å². The van der Waals surface area contributed by atoms with E-state index in [-0.39, 0.29) is 12.5 Å². The Balaban J connectivity index is 1.86. The number of hydrogen-bond donors (Lipinski definition) is 1. The molecule has 1 amide bonds. The van der Waals surface area contributed by atoms with E-state index in [0.717, 1.165) is 5.39 Å². The molecule has 0 radical (unpaired) electrons. The number of rotatable bonds is 3. The third kappa shape index (κ3) is 2.71. The van der Waals surface area contributed by atoms with Crippen molar-refractivity contribution < 1.29 is 9.32 Å².